The van der Waals surface area contributed by atoms with Crippen LogP contribution in [-0.4, -0.2) is 34.1 Å². The zero-order chi connectivity index (χ0) is 29.3. The maximum absolute atomic E-state index is 13.3. The quantitative estimate of drug-likeness (QED) is 0.251. The highest BCUT2D eigenvalue weighted by Gasteiger charge is 2.29. The molecule has 2 aromatic carbocycles. The maximum Gasteiger partial charge on any atom is 0.240 e. The highest BCUT2D eigenvalue weighted by atomic mass is 16.6. The van der Waals surface area contributed by atoms with E-state index in [9.17, 15) is 9.59 Å². The molecule has 1 heterocycles. The lowest BCUT2D eigenvalue weighted by Crippen LogP contribution is -2.42. The summed E-state index contributed by atoms with van der Waals surface area (Å²) in [6, 6.07) is 12.5. The summed E-state index contributed by atoms with van der Waals surface area (Å²) in [6.07, 6.45) is 0.607. The molecule has 0 saturated carbocycles. The number of amides is 2. The van der Waals surface area contributed by atoms with Crippen LogP contribution < -0.4 is 16.5 Å². The van der Waals surface area contributed by atoms with Gasteiger partial charge in [0.15, 0.2) is 0 Å². The minimum absolute atomic E-state index is 0.0660. The summed E-state index contributed by atoms with van der Waals surface area (Å²) in [5.74, 6) is -0.455. The van der Waals surface area contributed by atoms with Crippen molar-refractivity contribution in [3.8, 4) is 11.3 Å². The lowest BCUT2D eigenvalue weighted by atomic mass is 9.83. The molecule has 0 saturated heterocycles. The number of rotatable bonds is 9. The molecule has 2 amide bonds. The monoisotopic (exact) mass is 534 g/mol. The molecule has 212 valence electrons. The van der Waals surface area contributed by atoms with Gasteiger partial charge in [0, 0.05) is 28.4 Å². The Hall–Kier alpha value is -3.16. The van der Waals surface area contributed by atoms with Crippen molar-refractivity contribution in [3.63, 3.8) is 0 Å². The van der Waals surface area contributed by atoms with E-state index >= 15 is 0 Å². The molecule has 0 aliphatic heterocycles. The number of aryl methyl sites for hydroxylation is 2. The van der Waals surface area contributed by atoms with Crippen LogP contribution in [0.5, 0.6) is 0 Å². The first-order valence-corrected chi connectivity index (χ1v) is 13.6. The summed E-state index contributed by atoms with van der Waals surface area (Å²) in [5.41, 5.74) is 14.6. The van der Waals surface area contributed by atoms with Gasteiger partial charge in [-0.15, -0.1) is 0 Å². The second kappa shape index (κ2) is 11.1. The fourth-order valence-electron chi connectivity index (χ4n) is 4.84. The van der Waals surface area contributed by atoms with Crippen molar-refractivity contribution < 1.29 is 14.4 Å². The standard InChI is InChI=1S/C32H46N4O3/c1-20-15-21(2)17-22(16-20)28-24(13-14-39-35-31(6,7)8)25-18-23(32(9,10)29(33)38)11-12-26(25)36(28)19-27(37)34-30(3,4)5/h11-12,15-18,35H,13-14,19H2,1-10H3,(H2,33,38)(H,34,37). The Bertz CT molecular complexity index is 1350. The number of carbonyl (C=O) groups is 2. The predicted molar refractivity (Wildman–Crippen MR) is 160 cm³/mol. The summed E-state index contributed by atoms with van der Waals surface area (Å²) in [6.45, 7) is 20.5. The van der Waals surface area contributed by atoms with Crippen LogP contribution in [0.4, 0.5) is 0 Å². The third-order valence-electron chi connectivity index (χ3n) is 6.65. The second-order valence-corrected chi connectivity index (χ2v) is 13.3. The minimum Gasteiger partial charge on any atom is -0.369 e. The van der Waals surface area contributed by atoms with Crippen molar-refractivity contribution in [1.82, 2.24) is 15.4 Å². The van der Waals surface area contributed by atoms with E-state index in [2.05, 4.69) is 53.5 Å². The van der Waals surface area contributed by atoms with Gasteiger partial charge in [-0.05, 0) is 110 Å². The molecule has 4 N–H and O–H groups in total. The zero-order valence-electron chi connectivity index (χ0n) is 25.3. The van der Waals surface area contributed by atoms with Gasteiger partial charge in [0.1, 0.15) is 6.54 Å². The van der Waals surface area contributed by atoms with Gasteiger partial charge in [0.05, 0.1) is 17.7 Å². The minimum atomic E-state index is -0.846. The van der Waals surface area contributed by atoms with E-state index in [1.165, 1.54) is 0 Å². The third kappa shape index (κ3) is 7.49. The van der Waals surface area contributed by atoms with Crippen molar-refractivity contribution in [2.75, 3.05) is 6.61 Å². The predicted octanol–water partition coefficient (Wildman–Crippen LogP) is 5.46. The summed E-state index contributed by atoms with van der Waals surface area (Å²) in [4.78, 5) is 31.5. The SMILES string of the molecule is Cc1cc(C)cc(-c2c(CCONC(C)(C)C)c3cc(C(C)(C)C(N)=O)ccc3n2CC(=O)NC(C)(C)C)c1. The van der Waals surface area contributed by atoms with Crippen LogP contribution in [0.25, 0.3) is 22.2 Å². The van der Waals surface area contributed by atoms with Gasteiger partial charge in [-0.2, -0.15) is 5.48 Å². The van der Waals surface area contributed by atoms with E-state index in [4.69, 9.17) is 10.6 Å². The van der Waals surface area contributed by atoms with E-state index in [1.807, 2.05) is 67.5 Å². The zero-order valence-corrected chi connectivity index (χ0v) is 25.3. The Kier molecular flexibility index (Phi) is 8.68. The first-order chi connectivity index (χ1) is 17.9. The summed E-state index contributed by atoms with van der Waals surface area (Å²) in [7, 11) is 0. The molecule has 0 atom stereocenters. The molecule has 0 fully saturated rings. The van der Waals surface area contributed by atoms with Gasteiger partial charge in [-0.25, -0.2) is 0 Å². The smallest absolute Gasteiger partial charge is 0.240 e. The number of hydrogen-bond donors (Lipinski definition) is 3. The van der Waals surface area contributed by atoms with Gasteiger partial charge in [-0.3, -0.25) is 9.59 Å². The van der Waals surface area contributed by atoms with Gasteiger partial charge in [-0.1, -0.05) is 23.3 Å². The van der Waals surface area contributed by atoms with Crippen molar-refractivity contribution in [3.05, 3.63) is 58.7 Å². The average Bonchev–Trinajstić information content (AvgIpc) is 3.06. The molecule has 7 heteroatoms. The summed E-state index contributed by atoms with van der Waals surface area (Å²) < 4.78 is 2.10. The molecule has 0 aliphatic carbocycles. The van der Waals surface area contributed by atoms with Crippen LogP contribution in [0, 0.1) is 13.8 Å². The van der Waals surface area contributed by atoms with Crippen molar-refractivity contribution in [2.45, 2.75) is 98.7 Å². The average molecular weight is 535 g/mol. The summed E-state index contributed by atoms with van der Waals surface area (Å²) in [5, 5.41) is 4.09. The number of fused-ring (bicyclic) bond motifs is 1. The van der Waals surface area contributed by atoms with Crippen LogP contribution in [-0.2, 0) is 32.8 Å². The topological polar surface area (TPSA) is 98.4 Å². The highest BCUT2D eigenvalue weighted by Crippen LogP contribution is 2.38. The molecule has 0 spiro atoms. The second-order valence-electron chi connectivity index (χ2n) is 13.3. The number of primary amides is 1. The van der Waals surface area contributed by atoms with E-state index in [1.54, 1.807) is 0 Å². The molecular formula is C32H46N4O3. The maximum atomic E-state index is 13.3. The van der Waals surface area contributed by atoms with Crippen LogP contribution in [0.2, 0.25) is 0 Å². The van der Waals surface area contributed by atoms with Crippen molar-refractivity contribution >= 4 is 22.7 Å². The molecule has 1 aromatic heterocycles. The molecule has 0 bridgehead atoms. The lowest BCUT2D eigenvalue weighted by Gasteiger charge is -2.22. The normalized spacial score (nSPS) is 12.7. The largest absolute Gasteiger partial charge is 0.369 e. The van der Waals surface area contributed by atoms with E-state index in [-0.39, 0.29) is 29.4 Å². The van der Waals surface area contributed by atoms with Crippen LogP contribution in [0.15, 0.2) is 36.4 Å². The lowest BCUT2D eigenvalue weighted by molar-refractivity contribution is -0.123. The number of hydrogen-bond acceptors (Lipinski definition) is 4. The Morgan fingerprint density at radius 3 is 2.05 bits per heavy atom. The highest BCUT2D eigenvalue weighted by molar-refractivity contribution is 5.96. The number of nitrogens with one attached hydrogen (secondary N) is 2. The third-order valence-corrected chi connectivity index (χ3v) is 6.65. The Labute approximate surface area is 233 Å². The van der Waals surface area contributed by atoms with Crippen molar-refractivity contribution in [1.29, 1.82) is 0 Å². The first kappa shape index (κ1) is 30.4. The summed E-state index contributed by atoms with van der Waals surface area (Å²) >= 11 is 0. The van der Waals surface area contributed by atoms with Crippen LogP contribution >= 0.6 is 0 Å². The van der Waals surface area contributed by atoms with E-state index < -0.39 is 5.41 Å². The molecular weight excluding hydrogens is 488 g/mol. The Morgan fingerprint density at radius 2 is 1.51 bits per heavy atom. The molecule has 0 aliphatic rings. The Morgan fingerprint density at radius 1 is 0.897 bits per heavy atom. The Balaban J connectivity index is 2.29. The number of nitrogens with zero attached hydrogens (tertiary/aromatic N) is 1. The number of benzene rings is 2. The number of aromatic nitrogens is 1. The van der Waals surface area contributed by atoms with Gasteiger partial charge in [0.2, 0.25) is 11.8 Å². The molecule has 0 unspecified atom stereocenters. The van der Waals surface area contributed by atoms with E-state index in [0.717, 1.165) is 44.4 Å². The van der Waals surface area contributed by atoms with Crippen LogP contribution in [0.3, 0.4) is 0 Å². The fourth-order valence-corrected chi connectivity index (χ4v) is 4.84. The van der Waals surface area contributed by atoms with Crippen LogP contribution in [0.1, 0.15) is 77.6 Å². The molecule has 3 rings (SSSR count). The molecule has 3 aromatic rings. The van der Waals surface area contributed by atoms with Gasteiger partial charge in [0.25, 0.3) is 0 Å². The number of nitrogens with two attached hydrogens (primary N) is 1. The fraction of sp³-hybridized carbons (Fsp3) is 0.500. The number of carbonyl (C=O) groups excluding carboxylic acids is 2. The molecule has 7 nitrogen and oxygen atoms in total. The van der Waals surface area contributed by atoms with Crippen molar-refractivity contribution in [2.24, 2.45) is 5.73 Å². The number of hydroxylamine groups is 1. The van der Waals surface area contributed by atoms with Gasteiger partial charge >= 0.3 is 0 Å². The first-order valence-electron chi connectivity index (χ1n) is 13.6. The van der Waals surface area contributed by atoms with Gasteiger partial charge < -0.3 is 20.5 Å². The molecule has 0 radical (unpaired) electrons. The molecule has 39 heavy (non-hydrogen) atoms. The van der Waals surface area contributed by atoms with E-state index in [0.29, 0.717) is 13.0 Å².